The maximum absolute atomic E-state index is 13.2. The van der Waals surface area contributed by atoms with Gasteiger partial charge in [-0.05, 0) is 42.3 Å². The zero-order chi connectivity index (χ0) is 14.8. The largest absolute Gasteiger partial charge is 0.280 e. The van der Waals surface area contributed by atoms with E-state index >= 15 is 0 Å². The van der Waals surface area contributed by atoms with Gasteiger partial charge >= 0.3 is 0 Å². The molecule has 0 saturated heterocycles. The lowest BCUT2D eigenvalue weighted by atomic mass is 10.2. The van der Waals surface area contributed by atoms with Crippen molar-refractivity contribution in [3.63, 3.8) is 0 Å². The van der Waals surface area contributed by atoms with Gasteiger partial charge in [0.15, 0.2) is 0 Å². The summed E-state index contributed by atoms with van der Waals surface area (Å²) in [6.45, 7) is 1.63. The monoisotopic (exact) mass is 357 g/mol. The Morgan fingerprint density at radius 2 is 1.95 bits per heavy atom. The van der Waals surface area contributed by atoms with Crippen molar-refractivity contribution in [2.75, 3.05) is 4.72 Å². The van der Waals surface area contributed by atoms with Crippen LogP contribution >= 0.6 is 15.9 Å². The Kier molecular flexibility index (Phi) is 4.45. The number of sulfonamides is 1. The van der Waals surface area contributed by atoms with E-state index in [0.29, 0.717) is 16.6 Å². The second-order valence-corrected chi connectivity index (χ2v) is 6.56. The first-order valence-electron chi connectivity index (χ1n) is 5.86. The zero-order valence-corrected chi connectivity index (χ0v) is 13.1. The molecule has 2 rings (SSSR count). The zero-order valence-electron chi connectivity index (χ0n) is 10.7. The van der Waals surface area contributed by atoms with E-state index in [9.17, 15) is 12.8 Å². The summed E-state index contributed by atoms with van der Waals surface area (Å²) >= 11 is 3.31. The van der Waals surface area contributed by atoms with Crippen molar-refractivity contribution in [3.05, 3.63) is 59.4 Å². The molecule has 0 aromatic heterocycles. The van der Waals surface area contributed by atoms with Gasteiger partial charge in [0.05, 0.1) is 4.90 Å². The van der Waals surface area contributed by atoms with E-state index < -0.39 is 15.8 Å². The highest BCUT2D eigenvalue weighted by atomic mass is 79.9. The van der Waals surface area contributed by atoms with Gasteiger partial charge in [0, 0.05) is 11.0 Å². The second-order valence-electron chi connectivity index (χ2n) is 4.35. The third-order valence-electron chi connectivity index (χ3n) is 2.77. The van der Waals surface area contributed by atoms with Crippen LogP contribution in [0.2, 0.25) is 0 Å². The van der Waals surface area contributed by atoms with Crippen LogP contribution in [0.25, 0.3) is 0 Å². The number of benzene rings is 2. The van der Waals surface area contributed by atoms with Crippen molar-refractivity contribution >= 4 is 31.6 Å². The van der Waals surface area contributed by atoms with Gasteiger partial charge in [-0.1, -0.05) is 34.1 Å². The van der Waals surface area contributed by atoms with Gasteiger partial charge in [-0.15, -0.1) is 0 Å². The molecule has 0 aliphatic carbocycles. The molecule has 0 bridgehead atoms. The summed E-state index contributed by atoms with van der Waals surface area (Å²) in [5, 5.41) is 0.627. The molecule has 0 amide bonds. The predicted molar refractivity (Wildman–Crippen MR) is 81.0 cm³/mol. The normalized spacial score (nSPS) is 11.3. The standard InChI is InChI=1S/C14H13BrFNO2S/c1-10-5-6-12(16)8-14(10)20(18,19)17-13-4-2-3-11(7-13)9-15/h2-8,17H,9H2,1H3. The molecule has 1 N–H and O–H groups in total. The van der Waals surface area contributed by atoms with Crippen molar-refractivity contribution in [2.45, 2.75) is 17.1 Å². The molecule has 3 nitrogen and oxygen atoms in total. The molecule has 0 atom stereocenters. The quantitative estimate of drug-likeness (QED) is 0.845. The fourth-order valence-corrected chi connectivity index (χ4v) is 3.45. The van der Waals surface area contributed by atoms with E-state index in [2.05, 4.69) is 20.7 Å². The summed E-state index contributed by atoms with van der Waals surface area (Å²) in [5.41, 5.74) is 1.89. The van der Waals surface area contributed by atoms with Crippen LogP contribution < -0.4 is 4.72 Å². The number of rotatable bonds is 4. The van der Waals surface area contributed by atoms with Gasteiger partial charge in [0.2, 0.25) is 0 Å². The summed E-state index contributed by atoms with van der Waals surface area (Å²) in [7, 11) is -3.80. The van der Waals surface area contributed by atoms with Crippen LogP contribution in [0.3, 0.4) is 0 Å². The van der Waals surface area contributed by atoms with Crippen LogP contribution in [-0.4, -0.2) is 8.42 Å². The highest BCUT2D eigenvalue weighted by Gasteiger charge is 2.17. The molecule has 0 unspecified atom stereocenters. The topological polar surface area (TPSA) is 46.2 Å². The smallest absolute Gasteiger partial charge is 0.262 e. The molecule has 106 valence electrons. The maximum atomic E-state index is 13.2. The number of alkyl halides is 1. The summed E-state index contributed by atoms with van der Waals surface area (Å²) in [5.74, 6) is -0.579. The Balaban J connectivity index is 2.38. The van der Waals surface area contributed by atoms with E-state index in [1.54, 1.807) is 25.1 Å². The minimum Gasteiger partial charge on any atom is -0.280 e. The summed E-state index contributed by atoms with van der Waals surface area (Å²) in [4.78, 5) is -0.0539. The molecule has 0 fully saturated rings. The third kappa shape index (κ3) is 3.37. The highest BCUT2D eigenvalue weighted by molar-refractivity contribution is 9.08. The fraction of sp³-hybridized carbons (Fsp3) is 0.143. The van der Waals surface area contributed by atoms with Crippen LogP contribution in [-0.2, 0) is 15.4 Å². The molecular weight excluding hydrogens is 345 g/mol. The van der Waals surface area contributed by atoms with Gasteiger partial charge in [0.25, 0.3) is 10.0 Å². The molecule has 0 heterocycles. The molecule has 2 aromatic rings. The average Bonchev–Trinajstić information content (AvgIpc) is 2.41. The number of anilines is 1. The number of nitrogens with one attached hydrogen (secondary N) is 1. The van der Waals surface area contributed by atoms with Crippen LogP contribution in [0.5, 0.6) is 0 Å². The van der Waals surface area contributed by atoms with E-state index in [1.165, 1.54) is 12.1 Å². The fourth-order valence-electron chi connectivity index (χ4n) is 1.79. The van der Waals surface area contributed by atoms with E-state index in [-0.39, 0.29) is 4.90 Å². The summed E-state index contributed by atoms with van der Waals surface area (Å²) in [6, 6.07) is 10.7. The average molecular weight is 358 g/mol. The van der Waals surface area contributed by atoms with Gasteiger partial charge in [-0.3, -0.25) is 4.72 Å². The van der Waals surface area contributed by atoms with Gasteiger partial charge in [-0.25, -0.2) is 12.8 Å². The summed E-state index contributed by atoms with van der Waals surface area (Å²) < 4.78 is 40.3. The minimum atomic E-state index is -3.80. The first-order valence-corrected chi connectivity index (χ1v) is 8.47. The van der Waals surface area contributed by atoms with Gasteiger partial charge in [-0.2, -0.15) is 0 Å². The molecule has 0 aliphatic heterocycles. The first-order chi connectivity index (χ1) is 9.42. The van der Waals surface area contributed by atoms with Crippen LogP contribution in [0, 0.1) is 12.7 Å². The highest BCUT2D eigenvalue weighted by Crippen LogP contribution is 2.21. The lowest BCUT2D eigenvalue weighted by Crippen LogP contribution is -2.14. The Hall–Kier alpha value is -1.40. The lowest BCUT2D eigenvalue weighted by Gasteiger charge is -2.11. The van der Waals surface area contributed by atoms with Crippen LogP contribution in [0.15, 0.2) is 47.4 Å². The van der Waals surface area contributed by atoms with Crippen molar-refractivity contribution in [3.8, 4) is 0 Å². The number of hydrogen-bond donors (Lipinski definition) is 1. The first kappa shape index (κ1) is 15.0. The summed E-state index contributed by atoms with van der Waals surface area (Å²) in [6.07, 6.45) is 0. The maximum Gasteiger partial charge on any atom is 0.262 e. The molecule has 0 radical (unpaired) electrons. The van der Waals surface area contributed by atoms with E-state index in [1.807, 2.05) is 6.07 Å². The third-order valence-corrected chi connectivity index (χ3v) is 4.94. The second kappa shape index (κ2) is 5.93. The Labute approximate surface area is 126 Å². The Morgan fingerprint density at radius 3 is 2.65 bits per heavy atom. The number of hydrogen-bond acceptors (Lipinski definition) is 2. The number of halogens is 2. The van der Waals surface area contributed by atoms with E-state index in [0.717, 1.165) is 11.6 Å². The van der Waals surface area contributed by atoms with E-state index in [4.69, 9.17) is 0 Å². The molecule has 6 heteroatoms. The lowest BCUT2D eigenvalue weighted by molar-refractivity contribution is 0.594. The Morgan fingerprint density at radius 1 is 1.20 bits per heavy atom. The van der Waals surface area contributed by atoms with Crippen molar-refractivity contribution < 1.29 is 12.8 Å². The molecule has 20 heavy (non-hydrogen) atoms. The molecule has 0 aliphatic rings. The minimum absolute atomic E-state index is 0.0539. The Bertz CT molecular complexity index is 732. The molecular formula is C14H13BrFNO2S. The predicted octanol–water partition coefficient (Wildman–Crippen LogP) is 3.83. The molecule has 2 aromatic carbocycles. The van der Waals surface area contributed by atoms with Gasteiger partial charge in [0.1, 0.15) is 5.82 Å². The van der Waals surface area contributed by atoms with Crippen molar-refractivity contribution in [2.24, 2.45) is 0 Å². The SMILES string of the molecule is Cc1ccc(F)cc1S(=O)(=O)Nc1cccc(CBr)c1. The molecule has 0 saturated carbocycles. The molecule has 0 spiro atoms. The number of aryl methyl sites for hydroxylation is 1. The van der Waals surface area contributed by atoms with Crippen molar-refractivity contribution in [1.29, 1.82) is 0 Å². The van der Waals surface area contributed by atoms with Gasteiger partial charge < -0.3 is 0 Å². The van der Waals surface area contributed by atoms with Crippen molar-refractivity contribution in [1.82, 2.24) is 0 Å². The van der Waals surface area contributed by atoms with Crippen LogP contribution in [0.1, 0.15) is 11.1 Å². The van der Waals surface area contributed by atoms with Crippen LogP contribution in [0.4, 0.5) is 10.1 Å².